The fourth-order valence-electron chi connectivity index (χ4n) is 5.10. The van der Waals surface area contributed by atoms with Gasteiger partial charge in [0.25, 0.3) is 0 Å². The summed E-state index contributed by atoms with van der Waals surface area (Å²) in [4.78, 5) is 14.9. The normalized spacial score (nSPS) is 15.7. The third-order valence-electron chi connectivity index (χ3n) is 7.11. The minimum Gasteiger partial charge on any atom is -0.443 e. The highest BCUT2D eigenvalue weighted by Crippen LogP contribution is 2.49. The topological polar surface area (TPSA) is 41.6 Å². The van der Waals surface area contributed by atoms with Crippen LogP contribution in [0, 0.1) is 5.92 Å². The third-order valence-corrected chi connectivity index (χ3v) is 7.11. The van der Waals surface area contributed by atoms with Crippen molar-refractivity contribution in [3.63, 3.8) is 0 Å². The maximum Gasteiger partial charge on any atom is 0.410 e. The first-order valence-corrected chi connectivity index (χ1v) is 11.8. The van der Waals surface area contributed by atoms with Gasteiger partial charge in [0.2, 0.25) is 0 Å². The molecule has 3 aromatic rings. The van der Waals surface area contributed by atoms with Crippen molar-refractivity contribution in [3.05, 3.63) is 108 Å². The number of carbonyl (C=O) groups excluding carboxylic acids is 1. The van der Waals surface area contributed by atoms with E-state index >= 15 is 0 Å². The van der Waals surface area contributed by atoms with E-state index in [1.165, 1.54) is 16.7 Å². The molecule has 1 heterocycles. The van der Waals surface area contributed by atoms with Gasteiger partial charge < -0.3 is 15.0 Å². The minimum absolute atomic E-state index is 0.0657. The summed E-state index contributed by atoms with van der Waals surface area (Å²) in [6.07, 6.45) is -0.239. The lowest BCUT2D eigenvalue weighted by atomic mass is 9.58. The number of ether oxygens (including phenoxy) is 1. The number of hydrogen-bond acceptors (Lipinski definition) is 3. The maximum atomic E-state index is 13.1. The van der Waals surface area contributed by atoms with Gasteiger partial charge in [0.15, 0.2) is 0 Å². The standard InChI is InChI=1S/C29H34N2O2/c1-23(28(2,3)33-27(32)31-21-19-30-20-22-31)29(24-13-7-4-8-14-24,25-15-9-5-10-16-25)26-17-11-6-12-18-26/h4-18,23,30H,19-22H2,1-3H3. The van der Waals surface area contributed by atoms with Crippen LogP contribution in [0.1, 0.15) is 37.5 Å². The molecular weight excluding hydrogens is 408 g/mol. The summed E-state index contributed by atoms with van der Waals surface area (Å²) in [6.45, 7) is 9.23. The highest BCUT2D eigenvalue weighted by molar-refractivity contribution is 5.68. The number of nitrogens with zero attached hydrogens (tertiary/aromatic N) is 1. The molecule has 1 aliphatic heterocycles. The summed E-state index contributed by atoms with van der Waals surface area (Å²) in [7, 11) is 0. The fourth-order valence-corrected chi connectivity index (χ4v) is 5.10. The quantitative estimate of drug-likeness (QED) is 0.514. The van der Waals surface area contributed by atoms with Gasteiger partial charge in [-0.1, -0.05) is 97.9 Å². The van der Waals surface area contributed by atoms with Crippen molar-refractivity contribution >= 4 is 6.09 Å². The molecule has 1 amide bonds. The number of amides is 1. The molecule has 1 saturated heterocycles. The van der Waals surface area contributed by atoms with Crippen LogP contribution < -0.4 is 5.32 Å². The van der Waals surface area contributed by atoms with Gasteiger partial charge in [0.05, 0.1) is 5.41 Å². The Bertz CT molecular complexity index is 932. The van der Waals surface area contributed by atoms with E-state index in [1.807, 2.05) is 32.0 Å². The molecule has 0 saturated carbocycles. The summed E-state index contributed by atoms with van der Waals surface area (Å²) in [5.74, 6) is -0.0657. The lowest BCUT2D eigenvalue weighted by Gasteiger charge is -2.48. The van der Waals surface area contributed by atoms with Crippen molar-refractivity contribution in [3.8, 4) is 0 Å². The molecule has 4 nitrogen and oxygen atoms in total. The Labute approximate surface area is 197 Å². The second kappa shape index (κ2) is 9.80. The van der Waals surface area contributed by atoms with Gasteiger partial charge >= 0.3 is 6.09 Å². The maximum absolute atomic E-state index is 13.1. The monoisotopic (exact) mass is 442 g/mol. The van der Waals surface area contributed by atoms with Crippen molar-refractivity contribution in [2.24, 2.45) is 5.92 Å². The smallest absolute Gasteiger partial charge is 0.410 e. The molecule has 4 rings (SSSR count). The molecule has 3 aromatic carbocycles. The highest BCUT2D eigenvalue weighted by atomic mass is 16.6. The van der Waals surface area contributed by atoms with Crippen LogP contribution >= 0.6 is 0 Å². The van der Waals surface area contributed by atoms with Crippen molar-refractivity contribution in [2.75, 3.05) is 26.2 Å². The largest absolute Gasteiger partial charge is 0.443 e. The Morgan fingerprint density at radius 2 is 1.18 bits per heavy atom. The summed E-state index contributed by atoms with van der Waals surface area (Å²) >= 11 is 0. The molecule has 1 aliphatic rings. The molecule has 1 fully saturated rings. The van der Waals surface area contributed by atoms with Gasteiger partial charge in [-0.05, 0) is 30.5 Å². The number of nitrogens with one attached hydrogen (secondary N) is 1. The molecule has 0 aliphatic carbocycles. The first-order chi connectivity index (χ1) is 16.0. The van der Waals surface area contributed by atoms with Crippen molar-refractivity contribution in [2.45, 2.75) is 31.8 Å². The second-order valence-corrected chi connectivity index (χ2v) is 9.34. The molecule has 1 atom stereocenters. The molecular formula is C29H34N2O2. The summed E-state index contributed by atoms with van der Waals surface area (Å²) in [5, 5.41) is 3.29. The Balaban J connectivity index is 1.84. The zero-order valence-corrected chi connectivity index (χ0v) is 19.8. The molecule has 172 valence electrons. The van der Waals surface area contributed by atoms with Crippen LogP contribution in [-0.4, -0.2) is 42.8 Å². The average Bonchev–Trinajstić information content (AvgIpc) is 2.87. The van der Waals surface area contributed by atoms with Gasteiger partial charge in [-0.15, -0.1) is 0 Å². The molecule has 4 heteroatoms. The Hall–Kier alpha value is -3.11. The number of hydrogen-bond donors (Lipinski definition) is 1. The first kappa shape index (κ1) is 23.1. The van der Waals surface area contributed by atoms with Crippen LogP contribution in [-0.2, 0) is 10.2 Å². The van der Waals surface area contributed by atoms with Gasteiger partial charge in [0.1, 0.15) is 5.60 Å². The van der Waals surface area contributed by atoms with Crippen LogP contribution in [0.5, 0.6) is 0 Å². The Morgan fingerprint density at radius 1 is 0.788 bits per heavy atom. The van der Waals surface area contributed by atoms with Crippen LogP contribution in [0.25, 0.3) is 0 Å². The van der Waals surface area contributed by atoms with E-state index in [-0.39, 0.29) is 12.0 Å². The molecule has 0 spiro atoms. The first-order valence-electron chi connectivity index (χ1n) is 11.8. The number of piperazine rings is 1. The van der Waals surface area contributed by atoms with Crippen molar-refractivity contribution in [1.82, 2.24) is 10.2 Å². The SMILES string of the molecule is CC(C(C)(C)OC(=O)N1CCNCC1)C(c1ccccc1)(c1ccccc1)c1ccccc1. The Kier molecular flexibility index (Phi) is 6.85. The van der Waals surface area contributed by atoms with Crippen molar-refractivity contribution < 1.29 is 9.53 Å². The van der Waals surface area contributed by atoms with Crippen LogP contribution in [0.2, 0.25) is 0 Å². The van der Waals surface area contributed by atoms with Crippen LogP contribution in [0.15, 0.2) is 91.0 Å². The van der Waals surface area contributed by atoms with E-state index < -0.39 is 11.0 Å². The predicted molar refractivity (Wildman–Crippen MR) is 133 cm³/mol. The van der Waals surface area contributed by atoms with E-state index in [0.29, 0.717) is 13.1 Å². The van der Waals surface area contributed by atoms with E-state index in [4.69, 9.17) is 4.74 Å². The molecule has 33 heavy (non-hydrogen) atoms. The molecule has 0 aromatic heterocycles. The predicted octanol–water partition coefficient (Wildman–Crippen LogP) is 5.48. The lowest BCUT2D eigenvalue weighted by Crippen LogP contribution is -2.53. The van der Waals surface area contributed by atoms with Crippen LogP contribution in [0.4, 0.5) is 4.79 Å². The summed E-state index contributed by atoms with van der Waals surface area (Å²) in [5.41, 5.74) is 2.31. The van der Waals surface area contributed by atoms with Gasteiger partial charge in [0, 0.05) is 32.1 Å². The van der Waals surface area contributed by atoms with E-state index in [2.05, 4.69) is 85.0 Å². The molecule has 1 N–H and O–H groups in total. The highest BCUT2D eigenvalue weighted by Gasteiger charge is 2.49. The van der Waals surface area contributed by atoms with Crippen molar-refractivity contribution in [1.29, 1.82) is 0 Å². The van der Waals surface area contributed by atoms with Gasteiger partial charge in [-0.3, -0.25) is 0 Å². The summed E-state index contributed by atoms with van der Waals surface area (Å²) < 4.78 is 6.27. The van der Waals surface area contributed by atoms with E-state index in [1.54, 1.807) is 4.90 Å². The molecule has 1 unspecified atom stereocenters. The molecule has 0 radical (unpaired) electrons. The zero-order chi connectivity index (χ0) is 23.3. The number of benzene rings is 3. The van der Waals surface area contributed by atoms with Crippen LogP contribution in [0.3, 0.4) is 0 Å². The van der Waals surface area contributed by atoms with Gasteiger partial charge in [-0.25, -0.2) is 4.79 Å². The second-order valence-electron chi connectivity index (χ2n) is 9.34. The average molecular weight is 443 g/mol. The number of rotatable bonds is 6. The van der Waals surface area contributed by atoms with Gasteiger partial charge in [-0.2, -0.15) is 0 Å². The fraction of sp³-hybridized carbons (Fsp3) is 0.345. The minimum atomic E-state index is -0.733. The zero-order valence-electron chi connectivity index (χ0n) is 19.8. The third kappa shape index (κ3) is 4.53. The Morgan fingerprint density at radius 3 is 1.58 bits per heavy atom. The summed E-state index contributed by atoms with van der Waals surface area (Å²) in [6, 6.07) is 31.8. The lowest BCUT2D eigenvalue weighted by molar-refractivity contribution is -0.0340. The van der Waals surface area contributed by atoms with E-state index in [0.717, 1.165) is 13.1 Å². The number of carbonyl (C=O) groups is 1. The van der Waals surface area contributed by atoms with E-state index in [9.17, 15) is 4.79 Å². The molecule has 0 bridgehead atoms.